The minimum absolute atomic E-state index is 0.414. The van der Waals surface area contributed by atoms with Gasteiger partial charge in [-0.25, -0.2) is 0 Å². The van der Waals surface area contributed by atoms with Gasteiger partial charge in [-0.3, -0.25) is 9.80 Å². The maximum Gasteiger partial charge on any atom is 0.0991 e. The van der Waals surface area contributed by atoms with E-state index in [1.165, 1.54) is 18.5 Å². The number of piperidine rings is 1. The van der Waals surface area contributed by atoms with Crippen LogP contribution in [0.4, 0.5) is 0 Å². The molecule has 2 heterocycles. The lowest BCUT2D eigenvalue weighted by molar-refractivity contribution is 0.151. The Bertz CT molecular complexity index is 497. The van der Waals surface area contributed by atoms with Crippen molar-refractivity contribution in [1.82, 2.24) is 9.80 Å². The van der Waals surface area contributed by atoms with Crippen LogP contribution in [-0.4, -0.2) is 48.1 Å². The Morgan fingerprint density at radius 3 is 2.48 bits per heavy atom. The molecule has 0 amide bonds. The van der Waals surface area contributed by atoms with Crippen LogP contribution in [0.5, 0.6) is 0 Å². The van der Waals surface area contributed by atoms with Gasteiger partial charge in [0.05, 0.1) is 11.6 Å². The van der Waals surface area contributed by atoms with Crippen LogP contribution in [0.1, 0.15) is 30.4 Å². The molecule has 0 aromatic heterocycles. The van der Waals surface area contributed by atoms with Gasteiger partial charge in [-0.1, -0.05) is 12.1 Å². The topological polar surface area (TPSA) is 56.3 Å². The van der Waals surface area contributed by atoms with Crippen LogP contribution in [0.15, 0.2) is 24.3 Å². The highest BCUT2D eigenvalue weighted by Crippen LogP contribution is 2.21. The number of nitrogens with two attached hydrogens (primary N) is 1. The molecule has 1 aromatic rings. The van der Waals surface area contributed by atoms with E-state index in [1.54, 1.807) is 0 Å². The zero-order valence-electron chi connectivity index (χ0n) is 12.5. The summed E-state index contributed by atoms with van der Waals surface area (Å²) in [5.74, 6) is 0. The third-order valence-corrected chi connectivity index (χ3v) is 4.83. The quantitative estimate of drug-likeness (QED) is 0.915. The van der Waals surface area contributed by atoms with Crippen molar-refractivity contribution in [3.63, 3.8) is 0 Å². The van der Waals surface area contributed by atoms with Crippen LogP contribution in [0.3, 0.4) is 0 Å². The molecule has 0 bridgehead atoms. The van der Waals surface area contributed by atoms with E-state index in [9.17, 15) is 0 Å². The SMILES string of the molecule is N#Cc1ccc(CN2CCC(N3CCC(N)CC3)C2)cc1. The molecule has 0 radical (unpaired) electrons. The van der Waals surface area contributed by atoms with E-state index in [4.69, 9.17) is 11.0 Å². The van der Waals surface area contributed by atoms with E-state index in [1.807, 2.05) is 12.1 Å². The third-order valence-electron chi connectivity index (χ3n) is 4.83. The summed E-state index contributed by atoms with van der Waals surface area (Å²) >= 11 is 0. The van der Waals surface area contributed by atoms with E-state index in [-0.39, 0.29) is 0 Å². The Balaban J connectivity index is 1.51. The molecule has 0 aliphatic carbocycles. The van der Waals surface area contributed by atoms with E-state index < -0.39 is 0 Å². The van der Waals surface area contributed by atoms with Crippen molar-refractivity contribution < 1.29 is 0 Å². The van der Waals surface area contributed by atoms with Crippen molar-refractivity contribution in [2.24, 2.45) is 5.73 Å². The highest BCUT2D eigenvalue weighted by atomic mass is 15.3. The summed E-state index contributed by atoms with van der Waals surface area (Å²) < 4.78 is 0. The van der Waals surface area contributed by atoms with Crippen molar-refractivity contribution in [2.75, 3.05) is 26.2 Å². The molecule has 4 heteroatoms. The normalized spacial score (nSPS) is 25.0. The smallest absolute Gasteiger partial charge is 0.0991 e. The minimum Gasteiger partial charge on any atom is -0.328 e. The van der Waals surface area contributed by atoms with Crippen LogP contribution in [0.25, 0.3) is 0 Å². The average molecular weight is 284 g/mol. The van der Waals surface area contributed by atoms with Gasteiger partial charge in [-0.05, 0) is 50.0 Å². The van der Waals surface area contributed by atoms with Gasteiger partial charge in [0.15, 0.2) is 0 Å². The molecule has 3 rings (SSSR count). The molecule has 0 saturated carbocycles. The van der Waals surface area contributed by atoms with Crippen molar-refractivity contribution in [1.29, 1.82) is 5.26 Å². The van der Waals surface area contributed by atoms with Gasteiger partial charge in [0.1, 0.15) is 0 Å². The molecule has 2 fully saturated rings. The number of nitriles is 1. The Labute approximate surface area is 127 Å². The van der Waals surface area contributed by atoms with Crippen LogP contribution >= 0.6 is 0 Å². The van der Waals surface area contributed by atoms with Crippen molar-refractivity contribution in [3.8, 4) is 6.07 Å². The fourth-order valence-electron chi connectivity index (χ4n) is 3.48. The van der Waals surface area contributed by atoms with Gasteiger partial charge in [-0.2, -0.15) is 5.26 Å². The molecule has 2 N–H and O–H groups in total. The summed E-state index contributed by atoms with van der Waals surface area (Å²) in [4.78, 5) is 5.16. The summed E-state index contributed by atoms with van der Waals surface area (Å²) in [5, 5.41) is 8.84. The number of hydrogen-bond donors (Lipinski definition) is 1. The monoisotopic (exact) mass is 284 g/mol. The third kappa shape index (κ3) is 3.62. The Kier molecular flexibility index (Phi) is 4.54. The lowest BCUT2D eigenvalue weighted by Gasteiger charge is -2.34. The first-order valence-corrected chi connectivity index (χ1v) is 7.95. The lowest BCUT2D eigenvalue weighted by atomic mass is 10.0. The largest absolute Gasteiger partial charge is 0.328 e. The van der Waals surface area contributed by atoms with Gasteiger partial charge in [0.2, 0.25) is 0 Å². The highest BCUT2D eigenvalue weighted by Gasteiger charge is 2.29. The van der Waals surface area contributed by atoms with Gasteiger partial charge in [-0.15, -0.1) is 0 Å². The zero-order chi connectivity index (χ0) is 14.7. The molecule has 4 nitrogen and oxygen atoms in total. The molecule has 2 saturated heterocycles. The maximum absolute atomic E-state index is 8.84. The summed E-state index contributed by atoms with van der Waals surface area (Å²) in [6, 6.07) is 11.3. The maximum atomic E-state index is 8.84. The summed E-state index contributed by atoms with van der Waals surface area (Å²) in [6.07, 6.45) is 3.56. The van der Waals surface area contributed by atoms with Crippen molar-refractivity contribution in [2.45, 2.75) is 37.9 Å². The first kappa shape index (κ1) is 14.5. The van der Waals surface area contributed by atoms with E-state index in [0.717, 1.165) is 44.6 Å². The van der Waals surface area contributed by atoms with Crippen LogP contribution in [-0.2, 0) is 6.54 Å². The number of likely N-dealkylation sites (tertiary alicyclic amines) is 2. The predicted molar refractivity (Wildman–Crippen MR) is 83.6 cm³/mol. The number of nitrogens with zero attached hydrogens (tertiary/aromatic N) is 3. The van der Waals surface area contributed by atoms with Gasteiger partial charge < -0.3 is 5.73 Å². The molecule has 112 valence electrons. The summed E-state index contributed by atoms with van der Waals surface area (Å²) in [5.41, 5.74) is 8.03. The predicted octanol–water partition coefficient (Wildman–Crippen LogP) is 1.56. The molecule has 1 aromatic carbocycles. The second-order valence-electron chi connectivity index (χ2n) is 6.36. The highest BCUT2D eigenvalue weighted by molar-refractivity contribution is 5.31. The van der Waals surface area contributed by atoms with Crippen LogP contribution in [0.2, 0.25) is 0 Å². The van der Waals surface area contributed by atoms with E-state index in [2.05, 4.69) is 28.0 Å². The fourth-order valence-corrected chi connectivity index (χ4v) is 3.48. The Morgan fingerprint density at radius 2 is 1.81 bits per heavy atom. The molecule has 0 spiro atoms. The Hall–Kier alpha value is -1.41. The fraction of sp³-hybridized carbons (Fsp3) is 0.588. The molecule has 2 aliphatic heterocycles. The van der Waals surface area contributed by atoms with Gasteiger partial charge in [0, 0.05) is 31.7 Å². The Morgan fingerprint density at radius 1 is 1.10 bits per heavy atom. The first-order valence-electron chi connectivity index (χ1n) is 7.95. The number of hydrogen-bond acceptors (Lipinski definition) is 4. The molecule has 21 heavy (non-hydrogen) atoms. The standard InChI is InChI=1S/C17H24N4/c18-11-14-1-3-15(4-2-14)12-20-8-7-17(13-20)21-9-5-16(19)6-10-21/h1-4,16-17H,5-10,12-13,19H2. The van der Waals surface area contributed by atoms with E-state index >= 15 is 0 Å². The minimum atomic E-state index is 0.414. The molecular formula is C17H24N4. The second-order valence-corrected chi connectivity index (χ2v) is 6.36. The van der Waals surface area contributed by atoms with E-state index in [0.29, 0.717) is 12.1 Å². The van der Waals surface area contributed by atoms with Crippen LogP contribution < -0.4 is 5.73 Å². The summed E-state index contributed by atoms with van der Waals surface area (Å²) in [6.45, 7) is 5.66. The summed E-state index contributed by atoms with van der Waals surface area (Å²) in [7, 11) is 0. The molecule has 2 aliphatic rings. The first-order chi connectivity index (χ1) is 10.2. The average Bonchev–Trinajstić information content (AvgIpc) is 2.97. The van der Waals surface area contributed by atoms with Gasteiger partial charge in [0.25, 0.3) is 0 Å². The second kappa shape index (κ2) is 6.57. The molecule has 1 unspecified atom stereocenters. The van der Waals surface area contributed by atoms with Crippen molar-refractivity contribution in [3.05, 3.63) is 35.4 Å². The van der Waals surface area contributed by atoms with Crippen molar-refractivity contribution >= 4 is 0 Å². The van der Waals surface area contributed by atoms with Gasteiger partial charge >= 0.3 is 0 Å². The number of rotatable bonds is 3. The zero-order valence-corrected chi connectivity index (χ0v) is 12.5. The number of benzene rings is 1. The molecular weight excluding hydrogens is 260 g/mol. The molecule has 1 atom stereocenters. The lowest BCUT2D eigenvalue weighted by Crippen LogP contribution is -2.46. The van der Waals surface area contributed by atoms with Crippen LogP contribution in [0, 0.1) is 11.3 Å².